The predicted octanol–water partition coefficient (Wildman–Crippen LogP) is 5.15. The molecule has 0 radical (unpaired) electrons. The normalized spacial score (nSPS) is 10.2. The summed E-state index contributed by atoms with van der Waals surface area (Å²) in [4.78, 5) is 16.7. The zero-order valence-electron chi connectivity index (χ0n) is 13.1. The molecule has 0 spiro atoms. The van der Waals surface area contributed by atoms with Gasteiger partial charge in [0, 0.05) is 27.6 Å². The number of carbonyl (C=O) groups excluding carboxylic acids is 1. The molecule has 0 saturated carbocycles. The molecule has 1 heterocycles. The maximum absolute atomic E-state index is 12.4. The van der Waals surface area contributed by atoms with Crippen LogP contribution in [0, 0.1) is 6.92 Å². The molecule has 0 aliphatic carbocycles. The molecular formula is C19H16BrN3O. The Morgan fingerprint density at radius 3 is 2.58 bits per heavy atom. The lowest BCUT2D eigenvalue weighted by Gasteiger charge is -2.09. The zero-order valence-corrected chi connectivity index (χ0v) is 14.7. The van der Waals surface area contributed by atoms with Crippen LogP contribution < -0.4 is 10.6 Å². The van der Waals surface area contributed by atoms with Crippen LogP contribution in [0.2, 0.25) is 0 Å². The van der Waals surface area contributed by atoms with E-state index in [-0.39, 0.29) is 5.91 Å². The molecule has 0 atom stereocenters. The van der Waals surface area contributed by atoms with Gasteiger partial charge >= 0.3 is 0 Å². The van der Waals surface area contributed by atoms with Gasteiger partial charge in [-0.05, 0) is 55.0 Å². The minimum Gasteiger partial charge on any atom is -0.340 e. The first-order valence-corrected chi connectivity index (χ1v) is 8.26. The molecule has 0 fully saturated rings. The number of anilines is 3. The van der Waals surface area contributed by atoms with Gasteiger partial charge in [0.2, 0.25) is 0 Å². The first-order chi connectivity index (χ1) is 11.6. The maximum Gasteiger partial charge on any atom is 0.255 e. The van der Waals surface area contributed by atoms with Crippen molar-refractivity contribution in [1.82, 2.24) is 4.98 Å². The van der Waals surface area contributed by atoms with E-state index < -0.39 is 0 Å². The maximum atomic E-state index is 12.4. The van der Waals surface area contributed by atoms with Crippen LogP contribution in [0.4, 0.5) is 17.2 Å². The molecule has 2 aromatic carbocycles. The van der Waals surface area contributed by atoms with E-state index in [2.05, 4.69) is 31.5 Å². The molecule has 0 unspecified atom stereocenters. The number of nitrogens with one attached hydrogen (secondary N) is 2. The van der Waals surface area contributed by atoms with Crippen molar-refractivity contribution in [3.05, 3.63) is 82.5 Å². The van der Waals surface area contributed by atoms with Crippen molar-refractivity contribution in [2.45, 2.75) is 6.92 Å². The van der Waals surface area contributed by atoms with E-state index in [0.717, 1.165) is 21.4 Å². The predicted molar refractivity (Wildman–Crippen MR) is 101 cm³/mol. The van der Waals surface area contributed by atoms with Gasteiger partial charge in [-0.25, -0.2) is 4.98 Å². The van der Waals surface area contributed by atoms with E-state index in [1.807, 2.05) is 55.5 Å². The first-order valence-electron chi connectivity index (χ1n) is 7.47. The Morgan fingerprint density at radius 1 is 1.00 bits per heavy atom. The molecule has 4 nitrogen and oxygen atoms in total. The summed E-state index contributed by atoms with van der Waals surface area (Å²) < 4.78 is 0.973. The van der Waals surface area contributed by atoms with Crippen LogP contribution in [0.1, 0.15) is 15.9 Å². The summed E-state index contributed by atoms with van der Waals surface area (Å²) in [7, 11) is 0. The average molecular weight is 382 g/mol. The van der Waals surface area contributed by atoms with E-state index >= 15 is 0 Å². The van der Waals surface area contributed by atoms with E-state index in [1.165, 1.54) is 0 Å². The fourth-order valence-electron chi connectivity index (χ4n) is 2.28. The highest BCUT2D eigenvalue weighted by Crippen LogP contribution is 2.20. The molecule has 3 rings (SSSR count). The van der Waals surface area contributed by atoms with Crippen molar-refractivity contribution in [2.24, 2.45) is 0 Å². The molecule has 120 valence electrons. The fourth-order valence-corrected chi connectivity index (χ4v) is 2.68. The molecule has 0 aliphatic rings. The van der Waals surface area contributed by atoms with Crippen molar-refractivity contribution >= 4 is 39.0 Å². The van der Waals surface area contributed by atoms with Crippen LogP contribution in [0.5, 0.6) is 0 Å². The highest BCUT2D eigenvalue weighted by molar-refractivity contribution is 9.10. The summed E-state index contributed by atoms with van der Waals surface area (Å²) in [6.07, 6.45) is 1.62. The largest absolute Gasteiger partial charge is 0.340 e. The van der Waals surface area contributed by atoms with Crippen molar-refractivity contribution in [3.8, 4) is 0 Å². The van der Waals surface area contributed by atoms with Crippen molar-refractivity contribution in [1.29, 1.82) is 0 Å². The second-order valence-electron chi connectivity index (χ2n) is 5.39. The van der Waals surface area contributed by atoms with Gasteiger partial charge in [-0.1, -0.05) is 34.1 Å². The Bertz CT molecular complexity index is 880. The van der Waals surface area contributed by atoms with E-state index in [4.69, 9.17) is 0 Å². The molecule has 5 heteroatoms. The van der Waals surface area contributed by atoms with Crippen LogP contribution in [-0.4, -0.2) is 10.9 Å². The number of amides is 1. The summed E-state index contributed by atoms with van der Waals surface area (Å²) in [5.74, 6) is 0.449. The van der Waals surface area contributed by atoms with Crippen LogP contribution in [0.25, 0.3) is 0 Å². The van der Waals surface area contributed by atoms with E-state index in [1.54, 1.807) is 18.3 Å². The Kier molecular flexibility index (Phi) is 4.91. The van der Waals surface area contributed by atoms with Crippen molar-refractivity contribution in [2.75, 3.05) is 10.6 Å². The van der Waals surface area contributed by atoms with Crippen LogP contribution in [-0.2, 0) is 0 Å². The molecule has 1 aromatic heterocycles. The van der Waals surface area contributed by atoms with E-state index in [0.29, 0.717) is 11.4 Å². The molecule has 1 amide bonds. The number of pyridine rings is 1. The molecule has 0 saturated heterocycles. The zero-order chi connectivity index (χ0) is 16.9. The van der Waals surface area contributed by atoms with Gasteiger partial charge in [0.25, 0.3) is 5.91 Å². The topological polar surface area (TPSA) is 54.0 Å². The number of nitrogens with zero attached hydrogens (tertiary/aromatic N) is 1. The molecule has 0 bridgehead atoms. The monoisotopic (exact) mass is 381 g/mol. The van der Waals surface area contributed by atoms with Crippen molar-refractivity contribution in [3.63, 3.8) is 0 Å². The van der Waals surface area contributed by atoms with Gasteiger partial charge in [0.1, 0.15) is 5.82 Å². The summed E-state index contributed by atoms with van der Waals surface area (Å²) in [6, 6.07) is 18.9. The Labute approximate surface area is 149 Å². The summed E-state index contributed by atoms with van der Waals surface area (Å²) >= 11 is 3.43. The number of rotatable bonds is 4. The van der Waals surface area contributed by atoms with Gasteiger partial charge < -0.3 is 10.6 Å². The van der Waals surface area contributed by atoms with Gasteiger partial charge in [0.15, 0.2) is 0 Å². The number of aromatic nitrogens is 1. The van der Waals surface area contributed by atoms with Gasteiger partial charge in [-0.15, -0.1) is 0 Å². The van der Waals surface area contributed by atoms with Crippen LogP contribution >= 0.6 is 15.9 Å². The van der Waals surface area contributed by atoms with Crippen LogP contribution in [0.15, 0.2) is 71.3 Å². The lowest BCUT2D eigenvalue weighted by Crippen LogP contribution is -2.12. The molecular weight excluding hydrogens is 366 g/mol. The second-order valence-corrected chi connectivity index (χ2v) is 6.30. The highest BCUT2D eigenvalue weighted by Gasteiger charge is 2.08. The highest BCUT2D eigenvalue weighted by atomic mass is 79.9. The van der Waals surface area contributed by atoms with Crippen molar-refractivity contribution < 1.29 is 4.79 Å². The number of carbonyl (C=O) groups is 1. The summed E-state index contributed by atoms with van der Waals surface area (Å²) in [6.45, 7) is 1.99. The first kappa shape index (κ1) is 16.2. The van der Waals surface area contributed by atoms with Gasteiger partial charge in [0.05, 0.1) is 0 Å². The van der Waals surface area contributed by atoms with E-state index in [9.17, 15) is 4.79 Å². The molecule has 3 aromatic rings. The van der Waals surface area contributed by atoms with Gasteiger partial charge in [-0.3, -0.25) is 4.79 Å². The smallest absolute Gasteiger partial charge is 0.255 e. The third-order valence-corrected chi connectivity index (χ3v) is 3.89. The number of benzene rings is 2. The fraction of sp³-hybridized carbons (Fsp3) is 0.0526. The third kappa shape index (κ3) is 4.20. The molecule has 24 heavy (non-hydrogen) atoms. The minimum atomic E-state index is -0.166. The summed E-state index contributed by atoms with van der Waals surface area (Å²) in [5.41, 5.74) is 3.31. The standard InChI is InChI=1S/C19H16BrN3O/c1-13-4-2-6-16(10-13)23-19(24)14-8-9-21-18(11-14)22-17-7-3-5-15(20)12-17/h2-12H,1H3,(H,21,22)(H,23,24). The quantitative estimate of drug-likeness (QED) is 0.656. The Hall–Kier alpha value is -2.66. The molecule has 0 aliphatic heterocycles. The number of hydrogen-bond acceptors (Lipinski definition) is 3. The lowest BCUT2D eigenvalue weighted by atomic mass is 10.2. The number of halogens is 1. The number of hydrogen-bond donors (Lipinski definition) is 2. The molecule has 2 N–H and O–H groups in total. The number of aryl methyl sites for hydroxylation is 1. The Morgan fingerprint density at radius 2 is 1.79 bits per heavy atom. The SMILES string of the molecule is Cc1cccc(NC(=O)c2ccnc(Nc3cccc(Br)c3)c2)c1. The van der Waals surface area contributed by atoms with Gasteiger partial charge in [-0.2, -0.15) is 0 Å². The third-order valence-electron chi connectivity index (χ3n) is 3.40. The average Bonchev–Trinajstić information content (AvgIpc) is 2.55. The second kappa shape index (κ2) is 7.27. The Balaban J connectivity index is 1.76. The van der Waals surface area contributed by atoms with Crippen LogP contribution in [0.3, 0.4) is 0 Å². The minimum absolute atomic E-state index is 0.166. The summed E-state index contributed by atoms with van der Waals surface area (Å²) in [5, 5.41) is 6.09. The lowest BCUT2D eigenvalue weighted by molar-refractivity contribution is 0.102.